The second-order valence-corrected chi connectivity index (χ2v) is 8.06. The maximum absolute atomic E-state index is 11.8. The zero-order valence-electron chi connectivity index (χ0n) is 11.3. The molecule has 0 aromatic carbocycles. The highest BCUT2D eigenvalue weighted by molar-refractivity contribution is 7.92. The minimum Gasteiger partial charge on any atom is -0.309 e. The Morgan fingerprint density at radius 2 is 2.26 bits per heavy atom. The van der Waals surface area contributed by atoms with E-state index in [2.05, 4.69) is 10.4 Å². The quantitative estimate of drug-likeness (QED) is 0.897. The van der Waals surface area contributed by atoms with Gasteiger partial charge in [0.15, 0.2) is 9.84 Å². The minimum absolute atomic E-state index is 0.186. The molecule has 6 heteroatoms. The lowest BCUT2D eigenvalue weighted by atomic mass is 9.93. The molecule has 2 heterocycles. The molecule has 2 aliphatic rings. The monoisotopic (exact) mass is 283 g/mol. The predicted molar refractivity (Wildman–Crippen MR) is 73.7 cm³/mol. The summed E-state index contributed by atoms with van der Waals surface area (Å²) in [6, 6.07) is 0.272. The number of nitrogens with zero attached hydrogens (tertiary/aromatic N) is 2. The van der Waals surface area contributed by atoms with E-state index in [0.717, 1.165) is 32.1 Å². The number of fused-ring (bicyclic) bond motifs is 1. The zero-order chi connectivity index (χ0) is 13.5. The molecule has 0 bridgehead atoms. The summed E-state index contributed by atoms with van der Waals surface area (Å²) >= 11 is 0. The molecule has 0 radical (unpaired) electrons. The lowest BCUT2D eigenvalue weighted by Gasteiger charge is -2.25. The van der Waals surface area contributed by atoms with Gasteiger partial charge >= 0.3 is 0 Å². The van der Waals surface area contributed by atoms with Gasteiger partial charge in [-0.05, 0) is 32.1 Å². The van der Waals surface area contributed by atoms with Gasteiger partial charge in [-0.25, -0.2) is 8.42 Å². The van der Waals surface area contributed by atoms with Crippen LogP contribution in [-0.2, 0) is 23.3 Å². The van der Waals surface area contributed by atoms with E-state index in [9.17, 15) is 8.42 Å². The van der Waals surface area contributed by atoms with Crippen LogP contribution in [0.1, 0.15) is 43.0 Å². The fourth-order valence-corrected chi connectivity index (χ4v) is 5.06. The number of sulfone groups is 1. The summed E-state index contributed by atoms with van der Waals surface area (Å²) in [4.78, 5) is 0. The third-order valence-electron chi connectivity index (χ3n) is 4.43. The average molecular weight is 283 g/mol. The van der Waals surface area contributed by atoms with Crippen molar-refractivity contribution in [2.45, 2.75) is 43.4 Å². The summed E-state index contributed by atoms with van der Waals surface area (Å²) in [5, 5.41) is 7.59. The highest BCUT2D eigenvalue weighted by atomic mass is 32.2. The summed E-state index contributed by atoms with van der Waals surface area (Å²) in [5.74, 6) is 0.363. The Hall–Kier alpha value is -0.880. The summed E-state index contributed by atoms with van der Waals surface area (Å²) in [6.07, 6.45) is 6.84. The van der Waals surface area contributed by atoms with Crippen LogP contribution < -0.4 is 5.32 Å². The lowest BCUT2D eigenvalue weighted by Crippen LogP contribution is -2.34. The Bertz CT molecular complexity index is 564. The Kier molecular flexibility index (Phi) is 3.39. The van der Waals surface area contributed by atoms with Gasteiger partial charge in [0.1, 0.15) is 0 Å². The van der Waals surface area contributed by atoms with Crippen LogP contribution in [0, 0.1) is 0 Å². The number of hydrogen-bond acceptors (Lipinski definition) is 4. The molecule has 1 N–H and O–H groups in total. The van der Waals surface area contributed by atoms with E-state index in [-0.39, 0.29) is 11.3 Å². The minimum atomic E-state index is -2.84. The summed E-state index contributed by atoms with van der Waals surface area (Å²) in [6.45, 7) is 0.585. The molecule has 1 aromatic heterocycles. The first-order valence-corrected chi connectivity index (χ1v) is 8.75. The SMILES string of the molecule is Cn1ncc2c1CCCC2NCC1CCCS1(=O)=O. The molecule has 106 valence electrons. The molecule has 1 fully saturated rings. The van der Waals surface area contributed by atoms with Crippen molar-refractivity contribution in [3.8, 4) is 0 Å². The standard InChI is InChI=1S/C13H21N3O2S/c1-16-13-6-2-5-12(11(13)9-15-16)14-8-10-4-3-7-19(10,17)18/h9-10,12,14H,2-8H2,1H3. The second-order valence-electron chi connectivity index (χ2n) is 5.65. The van der Waals surface area contributed by atoms with Gasteiger partial charge in [0, 0.05) is 30.9 Å². The molecular formula is C13H21N3O2S. The molecule has 2 atom stereocenters. The fraction of sp³-hybridized carbons (Fsp3) is 0.769. The van der Waals surface area contributed by atoms with E-state index in [1.54, 1.807) is 0 Å². The topological polar surface area (TPSA) is 64.0 Å². The first-order chi connectivity index (χ1) is 9.08. The van der Waals surface area contributed by atoms with Crippen molar-refractivity contribution >= 4 is 9.84 Å². The highest BCUT2D eigenvalue weighted by Gasteiger charge is 2.32. The molecule has 2 unspecified atom stereocenters. The van der Waals surface area contributed by atoms with E-state index < -0.39 is 9.84 Å². The normalized spacial score (nSPS) is 29.3. The summed E-state index contributed by atoms with van der Waals surface area (Å²) in [5.41, 5.74) is 2.54. The summed E-state index contributed by atoms with van der Waals surface area (Å²) < 4.78 is 25.6. The van der Waals surface area contributed by atoms with Crippen LogP contribution in [0.25, 0.3) is 0 Å². The zero-order valence-corrected chi connectivity index (χ0v) is 12.1. The summed E-state index contributed by atoms with van der Waals surface area (Å²) in [7, 11) is -0.869. The van der Waals surface area contributed by atoms with Crippen LogP contribution in [0.3, 0.4) is 0 Å². The number of nitrogens with one attached hydrogen (secondary N) is 1. The van der Waals surface area contributed by atoms with E-state index in [0.29, 0.717) is 12.3 Å². The number of rotatable bonds is 3. The average Bonchev–Trinajstić information content (AvgIpc) is 2.91. The first kappa shape index (κ1) is 13.1. The van der Waals surface area contributed by atoms with Crippen LogP contribution in [-0.4, -0.2) is 35.7 Å². The van der Waals surface area contributed by atoms with Gasteiger partial charge in [-0.2, -0.15) is 5.10 Å². The predicted octanol–water partition coefficient (Wildman–Crippen LogP) is 0.964. The maximum Gasteiger partial charge on any atom is 0.154 e. The van der Waals surface area contributed by atoms with Crippen LogP contribution >= 0.6 is 0 Å². The number of hydrogen-bond donors (Lipinski definition) is 1. The van der Waals surface area contributed by atoms with Crippen molar-refractivity contribution in [1.29, 1.82) is 0 Å². The van der Waals surface area contributed by atoms with E-state index >= 15 is 0 Å². The van der Waals surface area contributed by atoms with Crippen molar-refractivity contribution in [3.05, 3.63) is 17.5 Å². The Morgan fingerprint density at radius 3 is 3.00 bits per heavy atom. The number of aromatic nitrogens is 2. The molecule has 0 spiro atoms. The van der Waals surface area contributed by atoms with Crippen molar-refractivity contribution in [2.75, 3.05) is 12.3 Å². The molecule has 1 aliphatic carbocycles. The highest BCUT2D eigenvalue weighted by Crippen LogP contribution is 2.29. The molecule has 1 saturated heterocycles. The Balaban J connectivity index is 1.68. The molecule has 3 rings (SSSR count). The second kappa shape index (κ2) is 4.90. The van der Waals surface area contributed by atoms with Crippen molar-refractivity contribution in [2.24, 2.45) is 7.05 Å². The maximum atomic E-state index is 11.8. The number of aryl methyl sites for hydroxylation is 1. The van der Waals surface area contributed by atoms with Gasteiger partial charge in [0.2, 0.25) is 0 Å². The largest absolute Gasteiger partial charge is 0.309 e. The molecule has 5 nitrogen and oxygen atoms in total. The third-order valence-corrected chi connectivity index (χ3v) is 6.71. The van der Waals surface area contributed by atoms with Crippen LogP contribution in [0.2, 0.25) is 0 Å². The van der Waals surface area contributed by atoms with E-state index in [1.165, 1.54) is 11.3 Å². The lowest BCUT2D eigenvalue weighted by molar-refractivity contribution is 0.447. The van der Waals surface area contributed by atoms with Crippen molar-refractivity contribution in [1.82, 2.24) is 15.1 Å². The van der Waals surface area contributed by atoms with Gasteiger partial charge < -0.3 is 5.32 Å². The van der Waals surface area contributed by atoms with E-state index in [4.69, 9.17) is 0 Å². The molecule has 1 aromatic rings. The van der Waals surface area contributed by atoms with Crippen molar-refractivity contribution in [3.63, 3.8) is 0 Å². The molecule has 1 aliphatic heterocycles. The molecule has 0 amide bonds. The first-order valence-electron chi connectivity index (χ1n) is 7.03. The Morgan fingerprint density at radius 1 is 1.42 bits per heavy atom. The Labute approximate surface area is 114 Å². The van der Waals surface area contributed by atoms with Crippen LogP contribution in [0.4, 0.5) is 0 Å². The van der Waals surface area contributed by atoms with Crippen LogP contribution in [0.15, 0.2) is 6.20 Å². The molecular weight excluding hydrogens is 262 g/mol. The van der Waals surface area contributed by atoms with Crippen LogP contribution in [0.5, 0.6) is 0 Å². The fourth-order valence-electron chi connectivity index (χ4n) is 3.28. The van der Waals surface area contributed by atoms with Gasteiger partial charge in [0.25, 0.3) is 0 Å². The van der Waals surface area contributed by atoms with Crippen molar-refractivity contribution < 1.29 is 8.42 Å². The van der Waals surface area contributed by atoms with E-state index in [1.807, 2.05) is 17.9 Å². The van der Waals surface area contributed by atoms with Gasteiger partial charge in [-0.1, -0.05) is 0 Å². The smallest absolute Gasteiger partial charge is 0.154 e. The van der Waals surface area contributed by atoms with Gasteiger partial charge in [-0.3, -0.25) is 4.68 Å². The third kappa shape index (κ3) is 2.43. The molecule has 19 heavy (non-hydrogen) atoms. The van der Waals surface area contributed by atoms with Gasteiger partial charge in [0.05, 0.1) is 17.2 Å². The molecule has 0 saturated carbocycles. The van der Waals surface area contributed by atoms with Gasteiger partial charge in [-0.15, -0.1) is 0 Å².